The molecule has 4 rings (SSSR count). The predicted octanol–water partition coefficient (Wildman–Crippen LogP) is 5.99. The topological polar surface area (TPSA) is 68.4 Å². The first-order valence-electron chi connectivity index (χ1n) is 7.84. The van der Waals surface area contributed by atoms with Crippen molar-refractivity contribution in [3.05, 3.63) is 75.2 Å². The van der Waals surface area contributed by atoms with E-state index in [0.717, 1.165) is 38.0 Å². The number of aromatic nitrogens is 1. The number of thiazole rings is 1. The molecule has 0 aliphatic carbocycles. The lowest BCUT2D eigenvalue weighted by Gasteiger charge is -1.97. The fourth-order valence-electron chi connectivity index (χ4n) is 2.49. The number of nitrogens with zero attached hydrogens (tertiary/aromatic N) is 3. The third-order valence-corrected chi connectivity index (χ3v) is 5.83. The Balaban J connectivity index is 1.55. The molecule has 128 valence electrons. The summed E-state index contributed by atoms with van der Waals surface area (Å²) in [5.41, 5.74) is 4.08. The molecule has 0 aliphatic rings. The highest BCUT2D eigenvalue weighted by Crippen LogP contribution is 2.31. The number of rotatable bonds is 4. The van der Waals surface area contributed by atoms with E-state index in [9.17, 15) is 10.1 Å². The van der Waals surface area contributed by atoms with Crippen LogP contribution in [0, 0.1) is 17.0 Å². The van der Waals surface area contributed by atoms with Gasteiger partial charge in [0.15, 0.2) is 0 Å². The van der Waals surface area contributed by atoms with E-state index in [-0.39, 0.29) is 5.00 Å². The maximum atomic E-state index is 10.7. The summed E-state index contributed by atoms with van der Waals surface area (Å²) in [6, 6.07) is 17.3. The Morgan fingerprint density at radius 2 is 1.88 bits per heavy atom. The van der Waals surface area contributed by atoms with Crippen molar-refractivity contribution in [2.75, 3.05) is 0 Å². The fraction of sp³-hybridized carbons (Fsp3) is 0.0526. The van der Waals surface area contributed by atoms with Crippen LogP contribution >= 0.6 is 22.7 Å². The number of thiophene rings is 1. The van der Waals surface area contributed by atoms with Crippen LogP contribution in [0.25, 0.3) is 20.8 Å². The van der Waals surface area contributed by atoms with E-state index in [1.807, 2.05) is 30.3 Å². The van der Waals surface area contributed by atoms with Gasteiger partial charge >= 0.3 is 5.00 Å². The van der Waals surface area contributed by atoms with Crippen molar-refractivity contribution in [2.24, 2.45) is 4.99 Å². The van der Waals surface area contributed by atoms with Crippen molar-refractivity contribution in [1.29, 1.82) is 0 Å². The van der Waals surface area contributed by atoms with Crippen molar-refractivity contribution in [3.8, 4) is 10.6 Å². The molecule has 2 aromatic heterocycles. The highest BCUT2D eigenvalue weighted by Gasteiger charge is 2.08. The molecule has 0 fully saturated rings. The van der Waals surface area contributed by atoms with Crippen molar-refractivity contribution < 1.29 is 4.92 Å². The van der Waals surface area contributed by atoms with Crippen LogP contribution in [0.2, 0.25) is 0 Å². The molecule has 0 aliphatic heterocycles. The van der Waals surface area contributed by atoms with E-state index in [1.165, 1.54) is 16.3 Å². The number of aliphatic imine (C=N–C) groups is 1. The van der Waals surface area contributed by atoms with Crippen LogP contribution in [0.15, 0.2) is 59.6 Å². The molecule has 0 N–H and O–H groups in total. The molecule has 26 heavy (non-hydrogen) atoms. The van der Waals surface area contributed by atoms with E-state index in [1.54, 1.807) is 23.6 Å². The molecule has 0 radical (unpaired) electrons. The molecule has 2 aromatic carbocycles. The van der Waals surface area contributed by atoms with Gasteiger partial charge in [-0.15, -0.1) is 11.3 Å². The Labute approximate surface area is 157 Å². The van der Waals surface area contributed by atoms with Gasteiger partial charge in [0.1, 0.15) is 5.01 Å². The van der Waals surface area contributed by atoms with Crippen molar-refractivity contribution in [1.82, 2.24) is 4.98 Å². The number of benzene rings is 2. The van der Waals surface area contributed by atoms with Gasteiger partial charge in [0.2, 0.25) is 0 Å². The van der Waals surface area contributed by atoms with Gasteiger partial charge in [-0.2, -0.15) is 0 Å². The van der Waals surface area contributed by atoms with E-state index in [4.69, 9.17) is 0 Å². The first-order valence-corrected chi connectivity index (χ1v) is 9.48. The molecule has 0 saturated heterocycles. The summed E-state index contributed by atoms with van der Waals surface area (Å²) in [5.74, 6) is 0. The Kier molecular flexibility index (Phi) is 4.32. The minimum atomic E-state index is -0.393. The van der Waals surface area contributed by atoms with E-state index >= 15 is 0 Å². The predicted molar refractivity (Wildman–Crippen MR) is 108 cm³/mol. The number of hydrogen-bond acceptors (Lipinski definition) is 6. The van der Waals surface area contributed by atoms with Gasteiger partial charge in [-0.1, -0.05) is 17.4 Å². The van der Waals surface area contributed by atoms with Crippen LogP contribution in [0.3, 0.4) is 0 Å². The number of aryl methyl sites for hydroxylation is 1. The van der Waals surface area contributed by atoms with Gasteiger partial charge < -0.3 is 0 Å². The number of nitro groups is 1. The number of fused-ring (bicyclic) bond motifs is 1. The minimum Gasteiger partial charge on any atom is -0.258 e. The molecule has 5 nitrogen and oxygen atoms in total. The van der Waals surface area contributed by atoms with E-state index in [0.29, 0.717) is 0 Å². The van der Waals surface area contributed by atoms with Crippen LogP contribution in [0.5, 0.6) is 0 Å². The molecule has 0 atom stereocenters. The third kappa shape index (κ3) is 3.40. The van der Waals surface area contributed by atoms with Crippen LogP contribution in [0.1, 0.15) is 10.4 Å². The molecule has 0 bridgehead atoms. The summed E-state index contributed by atoms with van der Waals surface area (Å²) in [6.07, 6.45) is 1.65. The lowest BCUT2D eigenvalue weighted by molar-refractivity contribution is -0.380. The molecule has 0 saturated carbocycles. The monoisotopic (exact) mass is 379 g/mol. The zero-order chi connectivity index (χ0) is 18.1. The summed E-state index contributed by atoms with van der Waals surface area (Å²) in [5, 5.41) is 11.8. The van der Waals surface area contributed by atoms with E-state index in [2.05, 4.69) is 29.0 Å². The zero-order valence-electron chi connectivity index (χ0n) is 13.7. The molecule has 4 aromatic rings. The summed E-state index contributed by atoms with van der Waals surface area (Å²) in [4.78, 5) is 20.1. The van der Waals surface area contributed by atoms with Gasteiger partial charge in [-0.05, 0) is 55.0 Å². The Hall–Kier alpha value is -2.90. The Morgan fingerprint density at radius 1 is 1.08 bits per heavy atom. The molecule has 7 heteroatoms. The quantitative estimate of drug-likeness (QED) is 0.248. The summed E-state index contributed by atoms with van der Waals surface area (Å²) < 4.78 is 1.18. The van der Waals surface area contributed by atoms with Crippen LogP contribution in [-0.4, -0.2) is 16.1 Å². The van der Waals surface area contributed by atoms with Crippen LogP contribution in [-0.2, 0) is 0 Å². The summed E-state index contributed by atoms with van der Waals surface area (Å²) >= 11 is 2.78. The first-order chi connectivity index (χ1) is 12.6. The lowest BCUT2D eigenvalue weighted by Crippen LogP contribution is -1.80. The van der Waals surface area contributed by atoms with Crippen molar-refractivity contribution >= 4 is 49.8 Å². The molecule has 0 unspecified atom stereocenters. The normalized spacial score (nSPS) is 11.4. The van der Waals surface area contributed by atoms with Gasteiger partial charge in [-0.3, -0.25) is 15.1 Å². The van der Waals surface area contributed by atoms with Crippen LogP contribution in [0.4, 0.5) is 10.7 Å². The standard InChI is InChI=1S/C19H13N3O2S2/c1-12-2-8-16-17(10-12)26-19(21-16)13-3-5-14(6-4-13)20-11-15-7-9-18(25-15)22(23)24/h2-11H,1H3/b20-11+. The molecule has 2 heterocycles. The zero-order valence-corrected chi connectivity index (χ0v) is 15.4. The van der Waals surface area contributed by atoms with Gasteiger partial charge in [0, 0.05) is 17.8 Å². The molecular formula is C19H13N3O2S2. The smallest absolute Gasteiger partial charge is 0.258 e. The van der Waals surface area contributed by atoms with Gasteiger partial charge in [0.25, 0.3) is 0 Å². The maximum Gasteiger partial charge on any atom is 0.324 e. The van der Waals surface area contributed by atoms with Crippen molar-refractivity contribution in [2.45, 2.75) is 6.92 Å². The summed E-state index contributed by atoms with van der Waals surface area (Å²) in [7, 11) is 0. The van der Waals surface area contributed by atoms with Crippen LogP contribution < -0.4 is 0 Å². The average molecular weight is 379 g/mol. The Morgan fingerprint density at radius 3 is 2.62 bits per heavy atom. The highest BCUT2D eigenvalue weighted by molar-refractivity contribution is 7.21. The largest absolute Gasteiger partial charge is 0.324 e. The second kappa shape index (κ2) is 6.78. The second-order valence-electron chi connectivity index (χ2n) is 5.73. The Bertz CT molecular complexity index is 1130. The minimum absolute atomic E-state index is 0.118. The fourth-order valence-corrected chi connectivity index (χ4v) is 4.26. The van der Waals surface area contributed by atoms with Gasteiger partial charge in [0.05, 0.1) is 25.7 Å². The lowest BCUT2D eigenvalue weighted by atomic mass is 10.2. The average Bonchev–Trinajstić information content (AvgIpc) is 3.27. The third-order valence-electron chi connectivity index (χ3n) is 3.79. The maximum absolute atomic E-state index is 10.7. The molecular weight excluding hydrogens is 366 g/mol. The number of hydrogen-bond donors (Lipinski definition) is 0. The van der Waals surface area contributed by atoms with Crippen molar-refractivity contribution in [3.63, 3.8) is 0 Å². The van der Waals surface area contributed by atoms with Gasteiger partial charge in [-0.25, -0.2) is 4.98 Å². The van der Waals surface area contributed by atoms with E-state index < -0.39 is 4.92 Å². The highest BCUT2D eigenvalue weighted by atomic mass is 32.1. The second-order valence-corrected chi connectivity index (χ2v) is 7.85. The SMILES string of the molecule is Cc1ccc2nc(-c3ccc(/N=C/c4ccc([N+](=O)[O-])s4)cc3)sc2c1. The summed E-state index contributed by atoms with van der Waals surface area (Å²) in [6.45, 7) is 2.08. The molecule has 0 amide bonds. The first kappa shape index (κ1) is 16.6. The molecule has 0 spiro atoms.